The van der Waals surface area contributed by atoms with Crippen LogP contribution in [0.5, 0.6) is 5.75 Å². The van der Waals surface area contributed by atoms with Gasteiger partial charge < -0.3 is 34.8 Å². The zero-order chi connectivity index (χ0) is 46.1. The van der Waals surface area contributed by atoms with Gasteiger partial charge in [-0.2, -0.15) is 0 Å². The molecule has 5 aliphatic rings. The van der Waals surface area contributed by atoms with Crippen LogP contribution in [-0.2, 0) is 14.3 Å². The lowest BCUT2D eigenvalue weighted by atomic mass is 9.90. The molecule has 0 aromatic heterocycles. The Kier molecular flexibility index (Phi) is 14.0. The van der Waals surface area contributed by atoms with Gasteiger partial charge in [-0.3, -0.25) is 19.5 Å². The van der Waals surface area contributed by atoms with E-state index in [0.29, 0.717) is 44.2 Å². The van der Waals surface area contributed by atoms with Crippen molar-refractivity contribution in [3.63, 3.8) is 0 Å². The molecule has 64 heavy (non-hydrogen) atoms. The highest BCUT2D eigenvalue weighted by Crippen LogP contribution is 2.52. The predicted molar refractivity (Wildman–Crippen MR) is 240 cm³/mol. The summed E-state index contributed by atoms with van der Waals surface area (Å²) in [6, 6.07) is 10.5. The van der Waals surface area contributed by atoms with E-state index in [-0.39, 0.29) is 58.3 Å². The number of benzene rings is 2. The monoisotopic (exact) mass is 891 g/mol. The Morgan fingerprint density at radius 3 is 2.12 bits per heavy atom. The van der Waals surface area contributed by atoms with Crippen molar-refractivity contribution >= 4 is 40.9 Å². The number of methoxy groups -OCH3 is 1. The minimum absolute atomic E-state index is 0.0378. The van der Waals surface area contributed by atoms with Gasteiger partial charge in [-0.05, 0) is 98.0 Å². The summed E-state index contributed by atoms with van der Waals surface area (Å²) in [5.41, 5.74) is 3.76. The normalized spacial score (nSPS) is 24.6. The number of hydrogen-bond donors (Lipinski definition) is 2. The molecule has 4 fully saturated rings. The molecule has 7 rings (SSSR count). The second kappa shape index (κ2) is 19.2. The predicted octanol–water partition coefficient (Wildman–Crippen LogP) is 8.41. The fraction of sp³-hybridized carbons (Fsp3) is 0.604. The Balaban J connectivity index is 0.989. The van der Waals surface area contributed by atoms with Crippen molar-refractivity contribution in [1.29, 1.82) is 0 Å². The number of rotatable bonds is 10. The van der Waals surface area contributed by atoms with Crippen molar-refractivity contribution in [2.75, 3.05) is 51.7 Å². The number of alkyl halides is 3. The average Bonchev–Trinajstić information content (AvgIpc) is 3.82. The molecule has 0 bridgehead atoms. The number of anilines is 1. The van der Waals surface area contributed by atoms with Crippen LogP contribution in [0.4, 0.5) is 28.4 Å². The van der Waals surface area contributed by atoms with Crippen LogP contribution in [0.1, 0.15) is 92.1 Å². The van der Waals surface area contributed by atoms with Crippen molar-refractivity contribution in [3.8, 4) is 16.9 Å². The van der Waals surface area contributed by atoms with Crippen LogP contribution in [-0.4, -0.2) is 126 Å². The molecule has 16 heteroatoms. The third kappa shape index (κ3) is 10.7. The molecule has 1 saturated carbocycles. The number of likely N-dealkylation sites (tertiary alicyclic amines) is 2. The van der Waals surface area contributed by atoms with Gasteiger partial charge in [0.15, 0.2) is 0 Å². The molecule has 0 spiro atoms. The first-order valence-corrected chi connectivity index (χ1v) is 22.9. The molecule has 2 aromatic carbocycles. The fourth-order valence-electron chi connectivity index (χ4n) is 9.97. The van der Waals surface area contributed by atoms with Gasteiger partial charge in [0.05, 0.1) is 13.2 Å². The van der Waals surface area contributed by atoms with E-state index in [0.717, 1.165) is 68.5 Å². The number of piperidine rings is 1. The SMILES string of the molecule is COC(=O)NC(C(=O)N1C(C)CCC1C1=NC=C(c2ccc(-c3ccc(NC(=O)N4CCN(C5CCN(C(=O)C6CC6(C)C)CC5)CC4)cc3OC(F)(F)F)cc2)CCC1C)C(C)C. The zero-order valence-electron chi connectivity index (χ0n) is 38.2. The summed E-state index contributed by atoms with van der Waals surface area (Å²) in [4.78, 5) is 65.2. The Morgan fingerprint density at radius 2 is 1.52 bits per heavy atom. The van der Waals surface area contributed by atoms with Gasteiger partial charge in [0.25, 0.3) is 0 Å². The van der Waals surface area contributed by atoms with Crippen molar-refractivity contribution in [1.82, 2.24) is 24.9 Å². The Labute approximate surface area is 374 Å². The molecule has 5 atom stereocenters. The molecule has 3 saturated heterocycles. The van der Waals surface area contributed by atoms with Gasteiger partial charge in [0, 0.05) is 86.5 Å². The average molecular weight is 892 g/mol. The number of nitrogens with one attached hydrogen (secondary N) is 2. The van der Waals surface area contributed by atoms with E-state index in [1.165, 1.54) is 19.2 Å². The van der Waals surface area contributed by atoms with Gasteiger partial charge in [0.2, 0.25) is 11.8 Å². The summed E-state index contributed by atoms with van der Waals surface area (Å²) >= 11 is 0. The standard InChI is InChI=1S/C48H64F3N7O6/c1-29(2)41(54-46(62)63-7)44(60)58-31(4)9-17-39(58)42-30(3)8-10-34(28-52-42)32-11-13-33(14-12-32)37-16-15-35(26-40(37)64-48(49,50)51)53-45(61)57-24-22-55(23-25-57)36-18-20-56(21-19-36)43(59)38-27-47(38,5)6/h11-16,26,28-31,36,38-39,41H,8-10,17-25,27H2,1-7H3,(H,53,61)(H,54,62). The maximum absolute atomic E-state index is 13.9. The molecule has 4 aliphatic heterocycles. The van der Waals surface area contributed by atoms with E-state index in [1.54, 1.807) is 23.1 Å². The largest absolute Gasteiger partial charge is 0.573 e. The maximum Gasteiger partial charge on any atom is 0.573 e. The van der Waals surface area contributed by atoms with Crippen LogP contribution in [0.25, 0.3) is 16.7 Å². The first-order chi connectivity index (χ1) is 30.3. The first kappa shape index (κ1) is 46.9. The summed E-state index contributed by atoms with van der Waals surface area (Å²) in [6.45, 7) is 16.0. The first-order valence-electron chi connectivity index (χ1n) is 22.9. The van der Waals surface area contributed by atoms with Crippen LogP contribution in [0, 0.1) is 23.2 Å². The number of carbonyl (C=O) groups is 4. The van der Waals surface area contributed by atoms with Gasteiger partial charge in [-0.25, -0.2) is 9.59 Å². The lowest BCUT2D eigenvalue weighted by Gasteiger charge is -2.42. The van der Waals surface area contributed by atoms with Gasteiger partial charge in [0.1, 0.15) is 11.8 Å². The van der Waals surface area contributed by atoms with Gasteiger partial charge in [-0.1, -0.05) is 58.9 Å². The number of amides is 5. The summed E-state index contributed by atoms with van der Waals surface area (Å²) in [5, 5.41) is 5.50. The van der Waals surface area contributed by atoms with Gasteiger partial charge >= 0.3 is 18.5 Å². The molecular formula is C48H64F3N7O6. The second-order valence-electron chi connectivity index (χ2n) is 19.3. The summed E-state index contributed by atoms with van der Waals surface area (Å²) in [6.07, 6.45) is 2.01. The molecule has 5 unspecified atom stereocenters. The van der Waals surface area contributed by atoms with Crippen LogP contribution in [0.3, 0.4) is 0 Å². The number of piperazine rings is 1. The third-order valence-corrected chi connectivity index (χ3v) is 14.1. The lowest BCUT2D eigenvalue weighted by Crippen LogP contribution is -2.56. The van der Waals surface area contributed by atoms with Crippen molar-refractivity contribution in [2.45, 2.75) is 117 Å². The number of alkyl carbamates (subject to hydrolysis) is 1. The van der Waals surface area contributed by atoms with E-state index in [2.05, 4.69) is 41.0 Å². The Bertz CT molecular complexity index is 2110. The molecule has 4 heterocycles. The molecule has 0 radical (unpaired) electrons. The van der Waals surface area contributed by atoms with E-state index in [9.17, 15) is 32.3 Å². The van der Waals surface area contributed by atoms with Gasteiger partial charge in [-0.15, -0.1) is 13.2 Å². The summed E-state index contributed by atoms with van der Waals surface area (Å²) in [5.74, 6) is -0.265. The Hall–Kier alpha value is -5.12. The fourth-order valence-corrected chi connectivity index (χ4v) is 9.97. The van der Waals surface area contributed by atoms with E-state index < -0.39 is 30.3 Å². The van der Waals surface area contributed by atoms with Crippen LogP contribution >= 0.6 is 0 Å². The highest BCUT2D eigenvalue weighted by molar-refractivity contribution is 5.98. The number of hydrogen-bond acceptors (Lipinski definition) is 8. The smallest absolute Gasteiger partial charge is 0.453 e. The quantitative estimate of drug-likeness (QED) is 0.245. The zero-order valence-corrected chi connectivity index (χ0v) is 38.2. The maximum atomic E-state index is 13.9. The van der Waals surface area contributed by atoms with Crippen molar-refractivity contribution in [3.05, 3.63) is 54.2 Å². The molecular weight excluding hydrogens is 828 g/mol. The number of urea groups is 1. The van der Waals surface area contributed by atoms with Crippen molar-refractivity contribution in [2.24, 2.45) is 28.2 Å². The highest BCUT2D eigenvalue weighted by Gasteiger charge is 2.52. The van der Waals surface area contributed by atoms with E-state index in [1.807, 2.05) is 48.9 Å². The second-order valence-corrected chi connectivity index (χ2v) is 19.3. The number of carbonyl (C=O) groups excluding carboxylic acids is 4. The molecule has 348 valence electrons. The molecule has 2 N–H and O–H groups in total. The summed E-state index contributed by atoms with van der Waals surface area (Å²) in [7, 11) is 1.27. The summed E-state index contributed by atoms with van der Waals surface area (Å²) < 4.78 is 50.7. The molecule has 1 aliphatic carbocycles. The minimum atomic E-state index is -4.96. The van der Waals surface area contributed by atoms with Crippen LogP contribution < -0.4 is 15.4 Å². The highest BCUT2D eigenvalue weighted by atomic mass is 19.4. The van der Waals surface area contributed by atoms with Crippen LogP contribution in [0.2, 0.25) is 0 Å². The lowest BCUT2D eigenvalue weighted by molar-refractivity contribution is -0.274. The third-order valence-electron chi connectivity index (χ3n) is 14.1. The van der Waals surface area contributed by atoms with Crippen molar-refractivity contribution < 1.29 is 41.8 Å². The Morgan fingerprint density at radius 1 is 0.859 bits per heavy atom. The number of aliphatic imine (C=N–C) groups is 1. The van der Waals surface area contributed by atoms with E-state index in [4.69, 9.17) is 9.73 Å². The number of halogens is 3. The molecule has 2 aromatic rings. The topological polar surface area (TPSA) is 136 Å². The molecule has 13 nitrogen and oxygen atoms in total. The number of ether oxygens (including phenoxy) is 2. The molecule has 5 amide bonds. The number of nitrogens with zero attached hydrogens (tertiary/aromatic N) is 5. The minimum Gasteiger partial charge on any atom is -0.453 e. The van der Waals surface area contributed by atoms with Crippen LogP contribution in [0.15, 0.2) is 53.7 Å². The number of allylic oxidation sites excluding steroid dienone is 1. The van der Waals surface area contributed by atoms with E-state index >= 15 is 0 Å².